The molecule has 1 aliphatic heterocycles. The van der Waals surface area contributed by atoms with Crippen molar-refractivity contribution in [2.24, 2.45) is 0 Å². The summed E-state index contributed by atoms with van der Waals surface area (Å²) in [5.74, 6) is 2.15. The Balaban J connectivity index is 2.18. The van der Waals surface area contributed by atoms with Crippen LogP contribution in [0.2, 0.25) is 0 Å². The Hall–Kier alpha value is -1.41. The van der Waals surface area contributed by atoms with Crippen LogP contribution in [0.15, 0.2) is 6.07 Å². The fourth-order valence-corrected chi connectivity index (χ4v) is 3.51. The molecule has 1 N–H and O–H groups in total. The summed E-state index contributed by atoms with van der Waals surface area (Å²) in [5.41, 5.74) is 2.48. The number of nitrogens with zero attached hydrogens (tertiary/aromatic N) is 2. The van der Waals surface area contributed by atoms with Crippen molar-refractivity contribution in [3.63, 3.8) is 0 Å². The first kappa shape index (κ1) is 13.0. The molecule has 96 valence electrons. The smallest absolute Gasteiger partial charge is 0.144 e. The average Bonchev–Trinajstić information content (AvgIpc) is 2.32. The number of nitrogens with one attached hydrogen (secondary N) is 1. The van der Waals surface area contributed by atoms with Gasteiger partial charge in [0, 0.05) is 34.0 Å². The van der Waals surface area contributed by atoms with E-state index in [9.17, 15) is 9.47 Å². The van der Waals surface area contributed by atoms with Crippen molar-refractivity contribution in [1.29, 1.82) is 5.26 Å². The van der Waals surface area contributed by atoms with Crippen LogP contribution in [0.4, 0.5) is 5.82 Å². The molecule has 0 spiro atoms. The van der Waals surface area contributed by atoms with Gasteiger partial charge in [0.2, 0.25) is 0 Å². The largest absolute Gasteiger partial charge is 0.366 e. The third-order valence-corrected chi connectivity index (χ3v) is 4.57. The highest BCUT2D eigenvalue weighted by molar-refractivity contribution is 7.85. The van der Waals surface area contributed by atoms with Crippen LogP contribution >= 0.6 is 0 Å². The highest BCUT2D eigenvalue weighted by Gasteiger charge is 2.19. The first-order chi connectivity index (χ1) is 8.60. The maximum atomic E-state index is 11.3. The number of aromatic nitrogens is 1. The van der Waals surface area contributed by atoms with E-state index in [-0.39, 0.29) is 6.04 Å². The summed E-state index contributed by atoms with van der Waals surface area (Å²) in [5, 5.41) is 12.5. The van der Waals surface area contributed by atoms with Crippen molar-refractivity contribution in [3.05, 3.63) is 22.9 Å². The maximum Gasteiger partial charge on any atom is 0.144 e. The van der Waals surface area contributed by atoms with E-state index in [4.69, 9.17) is 0 Å². The Morgan fingerprint density at radius 3 is 2.72 bits per heavy atom. The molecule has 0 radical (unpaired) electrons. The lowest BCUT2D eigenvalue weighted by Crippen LogP contribution is -2.30. The lowest BCUT2D eigenvalue weighted by Gasteiger charge is -2.24. The fourth-order valence-electron chi connectivity index (χ4n) is 2.21. The fraction of sp³-hybridized carbons (Fsp3) is 0.538. The minimum absolute atomic E-state index is 0.281. The molecular formula is C13H17N3OS. The number of nitriles is 1. The monoisotopic (exact) mass is 263 g/mol. The third kappa shape index (κ3) is 2.88. The lowest BCUT2D eigenvalue weighted by molar-refractivity contribution is 0.622. The minimum Gasteiger partial charge on any atom is -0.366 e. The molecule has 0 amide bonds. The number of pyridine rings is 1. The molecule has 4 nitrogen and oxygen atoms in total. The van der Waals surface area contributed by atoms with Crippen LogP contribution in [-0.4, -0.2) is 26.7 Å². The molecule has 0 aliphatic carbocycles. The van der Waals surface area contributed by atoms with Gasteiger partial charge < -0.3 is 5.32 Å². The molecule has 1 saturated heterocycles. The first-order valence-corrected chi connectivity index (χ1v) is 7.59. The minimum atomic E-state index is -0.660. The van der Waals surface area contributed by atoms with E-state index >= 15 is 0 Å². The number of hydrogen-bond acceptors (Lipinski definition) is 4. The van der Waals surface area contributed by atoms with E-state index in [1.54, 1.807) is 0 Å². The van der Waals surface area contributed by atoms with Crippen LogP contribution in [0.25, 0.3) is 0 Å². The van der Waals surface area contributed by atoms with Crippen LogP contribution < -0.4 is 5.32 Å². The predicted molar refractivity (Wildman–Crippen MR) is 72.9 cm³/mol. The van der Waals surface area contributed by atoms with E-state index in [1.807, 2.05) is 19.9 Å². The maximum absolute atomic E-state index is 11.3. The molecule has 0 aromatic carbocycles. The van der Waals surface area contributed by atoms with Gasteiger partial charge in [0.25, 0.3) is 0 Å². The molecule has 1 fully saturated rings. The molecule has 1 aromatic heterocycles. The average molecular weight is 263 g/mol. The van der Waals surface area contributed by atoms with E-state index in [2.05, 4.69) is 16.4 Å². The van der Waals surface area contributed by atoms with Crippen molar-refractivity contribution in [1.82, 2.24) is 4.98 Å². The third-order valence-electron chi connectivity index (χ3n) is 3.19. The predicted octanol–water partition coefficient (Wildman–Crippen LogP) is 1.89. The Morgan fingerprint density at radius 1 is 1.44 bits per heavy atom. The van der Waals surface area contributed by atoms with E-state index in [0.29, 0.717) is 11.4 Å². The Morgan fingerprint density at radius 2 is 2.11 bits per heavy atom. The van der Waals surface area contributed by atoms with Crippen molar-refractivity contribution in [2.45, 2.75) is 32.7 Å². The van der Waals surface area contributed by atoms with Crippen LogP contribution in [0, 0.1) is 25.2 Å². The molecule has 2 rings (SSSR count). The number of hydrogen-bond donors (Lipinski definition) is 1. The molecule has 0 saturated carbocycles. The second-order valence-electron chi connectivity index (χ2n) is 4.68. The van der Waals surface area contributed by atoms with Gasteiger partial charge in [-0.05, 0) is 38.3 Å². The summed E-state index contributed by atoms with van der Waals surface area (Å²) >= 11 is 0. The van der Waals surface area contributed by atoms with Gasteiger partial charge in [-0.1, -0.05) is 0 Å². The summed E-state index contributed by atoms with van der Waals surface area (Å²) in [4.78, 5) is 4.41. The summed E-state index contributed by atoms with van der Waals surface area (Å²) in [6, 6.07) is 4.40. The zero-order chi connectivity index (χ0) is 13.1. The Kier molecular flexibility index (Phi) is 3.97. The summed E-state index contributed by atoms with van der Waals surface area (Å²) in [6.07, 6.45) is 1.76. The van der Waals surface area contributed by atoms with E-state index in [0.717, 1.165) is 35.6 Å². The van der Waals surface area contributed by atoms with E-state index < -0.39 is 10.8 Å². The molecule has 18 heavy (non-hydrogen) atoms. The van der Waals surface area contributed by atoms with Gasteiger partial charge in [0.1, 0.15) is 11.9 Å². The summed E-state index contributed by atoms with van der Waals surface area (Å²) in [6.45, 7) is 3.85. The Bertz CT molecular complexity index is 512. The summed E-state index contributed by atoms with van der Waals surface area (Å²) in [7, 11) is -0.660. The molecular weight excluding hydrogens is 246 g/mol. The van der Waals surface area contributed by atoms with E-state index in [1.165, 1.54) is 0 Å². The van der Waals surface area contributed by atoms with Gasteiger partial charge in [-0.15, -0.1) is 0 Å². The SMILES string of the molecule is Cc1cc(C)c(C#N)c(NC2CCS(=O)CC2)n1. The van der Waals surface area contributed by atoms with Crippen molar-refractivity contribution >= 4 is 16.6 Å². The first-order valence-electron chi connectivity index (χ1n) is 6.10. The molecule has 0 bridgehead atoms. The van der Waals surface area contributed by atoms with Gasteiger partial charge in [-0.3, -0.25) is 4.21 Å². The van der Waals surface area contributed by atoms with Crippen LogP contribution in [0.1, 0.15) is 29.7 Å². The summed E-state index contributed by atoms with van der Waals surface area (Å²) < 4.78 is 11.3. The molecule has 0 unspecified atom stereocenters. The normalized spacial score (nSPS) is 23.4. The molecule has 2 heterocycles. The molecule has 0 atom stereocenters. The van der Waals surface area contributed by atoms with Crippen LogP contribution in [0.3, 0.4) is 0 Å². The number of anilines is 1. The van der Waals surface area contributed by atoms with Crippen molar-refractivity contribution in [3.8, 4) is 6.07 Å². The zero-order valence-corrected chi connectivity index (χ0v) is 11.5. The Labute approximate surface area is 110 Å². The molecule has 1 aromatic rings. The number of rotatable bonds is 2. The lowest BCUT2D eigenvalue weighted by atomic mass is 10.1. The van der Waals surface area contributed by atoms with Crippen LogP contribution in [0.5, 0.6) is 0 Å². The van der Waals surface area contributed by atoms with Gasteiger partial charge in [-0.25, -0.2) is 4.98 Å². The molecule has 5 heteroatoms. The topological polar surface area (TPSA) is 65.8 Å². The van der Waals surface area contributed by atoms with Crippen molar-refractivity contribution < 1.29 is 4.21 Å². The number of aryl methyl sites for hydroxylation is 2. The standard InChI is InChI=1S/C13H17N3OS/c1-9-7-10(2)15-13(12(9)8-14)16-11-3-5-18(17)6-4-11/h7,11H,3-6H2,1-2H3,(H,15,16). The highest BCUT2D eigenvalue weighted by Crippen LogP contribution is 2.21. The second-order valence-corrected chi connectivity index (χ2v) is 6.38. The van der Waals surface area contributed by atoms with Crippen molar-refractivity contribution in [2.75, 3.05) is 16.8 Å². The van der Waals surface area contributed by atoms with Crippen LogP contribution in [-0.2, 0) is 10.8 Å². The second kappa shape index (κ2) is 5.49. The van der Waals surface area contributed by atoms with Gasteiger partial charge in [-0.2, -0.15) is 5.26 Å². The van der Waals surface area contributed by atoms with Gasteiger partial charge in [0.05, 0.1) is 5.56 Å². The zero-order valence-electron chi connectivity index (χ0n) is 10.7. The van der Waals surface area contributed by atoms with Gasteiger partial charge in [0.15, 0.2) is 0 Å². The highest BCUT2D eigenvalue weighted by atomic mass is 32.2. The quantitative estimate of drug-likeness (QED) is 0.885. The van der Waals surface area contributed by atoms with Gasteiger partial charge >= 0.3 is 0 Å². The molecule has 1 aliphatic rings.